The van der Waals surface area contributed by atoms with Gasteiger partial charge in [-0.15, -0.1) is 11.8 Å². The summed E-state index contributed by atoms with van der Waals surface area (Å²) in [7, 11) is 1.66. The highest BCUT2D eigenvalue weighted by atomic mass is 32.2. The largest absolute Gasteiger partial charge is 0.497 e. The lowest BCUT2D eigenvalue weighted by molar-refractivity contribution is -0.128. The number of pyridine rings is 1. The van der Waals surface area contributed by atoms with E-state index in [1.54, 1.807) is 31.1 Å². The third kappa shape index (κ3) is 4.93. The van der Waals surface area contributed by atoms with Crippen molar-refractivity contribution in [2.75, 3.05) is 24.7 Å². The zero-order valence-corrected chi connectivity index (χ0v) is 18.5. The molecule has 162 valence electrons. The molecule has 0 radical (unpaired) electrons. The summed E-state index contributed by atoms with van der Waals surface area (Å²) in [6.07, 6.45) is 3.52. The predicted molar refractivity (Wildman–Crippen MR) is 124 cm³/mol. The molecule has 0 aliphatic carbocycles. The number of carbonyl (C=O) groups is 1. The number of hydrogen-bond acceptors (Lipinski definition) is 5. The lowest BCUT2D eigenvalue weighted by Crippen LogP contribution is -2.30. The van der Waals surface area contributed by atoms with Gasteiger partial charge in [-0.25, -0.2) is 4.39 Å². The van der Waals surface area contributed by atoms with Crippen LogP contribution in [0.1, 0.15) is 30.7 Å². The second-order valence-corrected chi connectivity index (χ2v) is 8.81. The minimum absolute atomic E-state index is 0.113. The van der Waals surface area contributed by atoms with Crippen molar-refractivity contribution >= 4 is 34.3 Å². The van der Waals surface area contributed by atoms with Crippen LogP contribution in [0.15, 0.2) is 54.7 Å². The SMILES string of the molecule is COc1cc(NC(C)CCCN2C(=O)CSC2c2cccc(F)c2)c2ncccc2c1. The molecule has 0 bridgehead atoms. The lowest BCUT2D eigenvalue weighted by atomic mass is 10.1. The summed E-state index contributed by atoms with van der Waals surface area (Å²) in [5, 5.41) is 4.46. The number of hydrogen-bond donors (Lipinski definition) is 1. The number of benzene rings is 2. The number of methoxy groups -OCH3 is 1. The minimum Gasteiger partial charge on any atom is -0.497 e. The van der Waals surface area contributed by atoms with E-state index in [1.807, 2.05) is 35.2 Å². The molecule has 3 aromatic rings. The van der Waals surface area contributed by atoms with Crippen LogP contribution in [0.25, 0.3) is 10.9 Å². The molecule has 31 heavy (non-hydrogen) atoms. The first-order chi connectivity index (χ1) is 15.0. The van der Waals surface area contributed by atoms with Crippen LogP contribution >= 0.6 is 11.8 Å². The van der Waals surface area contributed by atoms with Gasteiger partial charge in [0.2, 0.25) is 5.91 Å². The number of halogens is 1. The van der Waals surface area contributed by atoms with E-state index in [-0.39, 0.29) is 23.1 Å². The summed E-state index contributed by atoms with van der Waals surface area (Å²) in [5.41, 5.74) is 2.69. The van der Waals surface area contributed by atoms with Gasteiger partial charge in [0.25, 0.3) is 0 Å². The van der Waals surface area contributed by atoms with Crippen LogP contribution in [0, 0.1) is 5.82 Å². The fourth-order valence-corrected chi connectivity index (χ4v) is 5.14. The van der Waals surface area contributed by atoms with Crippen molar-refractivity contribution < 1.29 is 13.9 Å². The molecule has 5 nitrogen and oxygen atoms in total. The standard InChI is InChI=1S/C24H26FN3O2S/c1-16(27-21-14-20(30-2)13-17-8-4-10-26-23(17)21)6-5-11-28-22(29)15-31-24(28)18-7-3-9-19(25)12-18/h3-4,7-10,12-14,16,24,27H,5-6,11,15H2,1-2H3. The molecule has 1 aliphatic heterocycles. The molecule has 1 aromatic heterocycles. The Morgan fingerprint density at radius 1 is 1.29 bits per heavy atom. The number of carbonyl (C=O) groups excluding carboxylic acids is 1. The quantitative estimate of drug-likeness (QED) is 0.520. The highest BCUT2D eigenvalue weighted by Crippen LogP contribution is 2.39. The summed E-state index contributed by atoms with van der Waals surface area (Å²) in [4.78, 5) is 18.8. The number of ether oxygens (including phenoxy) is 1. The Bertz CT molecular complexity index is 1080. The van der Waals surface area contributed by atoms with Gasteiger partial charge < -0.3 is 15.0 Å². The van der Waals surface area contributed by atoms with Crippen molar-refractivity contribution in [1.29, 1.82) is 0 Å². The van der Waals surface area contributed by atoms with Crippen molar-refractivity contribution in [2.45, 2.75) is 31.2 Å². The van der Waals surface area contributed by atoms with E-state index in [0.717, 1.165) is 40.7 Å². The first kappa shape index (κ1) is 21.4. The maximum absolute atomic E-state index is 13.6. The molecule has 1 aliphatic rings. The van der Waals surface area contributed by atoms with Crippen LogP contribution in [0.4, 0.5) is 10.1 Å². The van der Waals surface area contributed by atoms with Gasteiger partial charge in [-0.05, 0) is 49.6 Å². The second-order valence-electron chi connectivity index (χ2n) is 7.74. The first-order valence-corrected chi connectivity index (χ1v) is 11.5. The van der Waals surface area contributed by atoms with E-state index in [2.05, 4.69) is 17.2 Å². The average molecular weight is 440 g/mol. The molecule has 4 rings (SSSR count). The molecule has 0 spiro atoms. The van der Waals surface area contributed by atoms with Gasteiger partial charge in [-0.1, -0.05) is 18.2 Å². The Morgan fingerprint density at radius 2 is 2.16 bits per heavy atom. The van der Waals surface area contributed by atoms with Crippen LogP contribution in [0.5, 0.6) is 5.75 Å². The van der Waals surface area contributed by atoms with E-state index in [0.29, 0.717) is 12.3 Å². The summed E-state index contributed by atoms with van der Waals surface area (Å²) in [6, 6.07) is 14.6. The highest BCUT2D eigenvalue weighted by molar-refractivity contribution is 8.00. The smallest absolute Gasteiger partial charge is 0.233 e. The lowest BCUT2D eigenvalue weighted by Gasteiger charge is -2.25. The zero-order valence-electron chi connectivity index (χ0n) is 17.7. The minimum atomic E-state index is -0.269. The number of nitrogens with zero attached hydrogens (tertiary/aromatic N) is 2. The molecule has 1 fully saturated rings. The molecule has 2 atom stereocenters. The van der Waals surface area contributed by atoms with Gasteiger partial charge in [-0.3, -0.25) is 9.78 Å². The average Bonchev–Trinajstić information content (AvgIpc) is 3.14. The zero-order chi connectivity index (χ0) is 21.8. The van der Waals surface area contributed by atoms with Gasteiger partial charge in [0.15, 0.2) is 0 Å². The van der Waals surface area contributed by atoms with Crippen molar-refractivity contribution in [1.82, 2.24) is 9.88 Å². The molecule has 7 heteroatoms. The number of anilines is 1. The molecular weight excluding hydrogens is 413 g/mol. The number of amides is 1. The van der Waals surface area contributed by atoms with Crippen molar-refractivity contribution in [2.24, 2.45) is 0 Å². The fourth-order valence-electron chi connectivity index (χ4n) is 3.93. The highest BCUT2D eigenvalue weighted by Gasteiger charge is 2.32. The Kier molecular flexibility index (Phi) is 6.61. The monoisotopic (exact) mass is 439 g/mol. The molecule has 1 N–H and O–H groups in total. The Hall–Kier alpha value is -2.80. The van der Waals surface area contributed by atoms with E-state index in [4.69, 9.17) is 4.74 Å². The Balaban J connectivity index is 1.38. The molecule has 0 saturated carbocycles. The third-order valence-corrected chi connectivity index (χ3v) is 6.71. The van der Waals surface area contributed by atoms with Crippen molar-refractivity contribution in [3.63, 3.8) is 0 Å². The Labute approximate surface area is 186 Å². The van der Waals surface area contributed by atoms with Crippen molar-refractivity contribution in [3.8, 4) is 5.75 Å². The predicted octanol–water partition coefficient (Wildman–Crippen LogP) is 5.24. The van der Waals surface area contributed by atoms with Gasteiger partial charge in [0, 0.05) is 30.2 Å². The Morgan fingerprint density at radius 3 is 2.97 bits per heavy atom. The molecule has 2 heterocycles. The number of nitrogens with one attached hydrogen (secondary N) is 1. The van der Waals surface area contributed by atoms with E-state index >= 15 is 0 Å². The molecule has 1 amide bonds. The molecule has 2 aromatic carbocycles. The maximum Gasteiger partial charge on any atom is 0.233 e. The van der Waals surface area contributed by atoms with Crippen LogP contribution in [0.3, 0.4) is 0 Å². The van der Waals surface area contributed by atoms with Gasteiger partial charge >= 0.3 is 0 Å². The third-order valence-electron chi connectivity index (χ3n) is 5.45. The van der Waals surface area contributed by atoms with Crippen LogP contribution < -0.4 is 10.1 Å². The van der Waals surface area contributed by atoms with Gasteiger partial charge in [-0.2, -0.15) is 0 Å². The van der Waals surface area contributed by atoms with Crippen LogP contribution in [-0.2, 0) is 4.79 Å². The van der Waals surface area contributed by atoms with Gasteiger partial charge in [0.05, 0.1) is 24.1 Å². The van der Waals surface area contributed by atoms with E-state index in [9.17, 15) is 9.18 Å². The normalized spacial score (nSPS) is 17.2. The number of aromatic nitrogens is 1. The van der Waals surface area contributed by atoms with E-state index in [1.165, 1.54) is 12.1 Å². The first-order valence-electron chi connectivity index (χ1n) is 10.4. The number of thioether (sulfide) groups is 1. The fraction of sp³-hybridized carbons (Fsp3) is 0.333. The summed E-state index contributed by atoms with van der Waals surface area (Å²) < 4.78 is 19.1. The molecule has 2 unspecified atom stereocenters. The van der Waals surface area contributed by atoms with Crippen LogP contribution in [-0.4, -0.2) is 41.2 Å². The summed E-state index contributed by atoms with van der Waals surface area (Å²) in [5.74, 6) is 1.07. The summed E-state index contributed by atoms with van der Waals surface area (Å²) in [6.45, 7) is 2.77. The maximum atomic E-state index is 13.6. The molecular formula is C24H26FN3O2S. The molecule has 1 saturated heterocycles. The topological polar surface area (TPSA) is 54.5 Å². The van der Waals surface area contributed by atoms with Crippen molar-refractivity contribution in [3.05, 3.63) is 66.1 Å². The van der Waals surface area contributed by atoms with Gasteiger partial charge in [0.1, 0.15) is 16.9 Å². The van der Waals surface area contributed by atoms with Crippen LogP contribution in [0.2, 0.25) is 0 Å². The second kappa shape index (κ2) is 9.56. The summed E-state index contributed by atoms with van der Waals surface area (Å²) >= 11 is 1.56. The number of fused-ring (bicyclic) bond motifs is 1. The van der Waals surface area contributed by atoms with E-state index < -0.39 is 0 Å². The number of rotatable bonds is 8.